The van der Waals surface area contributed by atoms with Crippen molar-refractivity contribution in [2.75, 3.05) is 0 Å². The summed E-state index contributed by atoms with van der Waals surface area (Å²) in [4.78, 5) is 11.7. The molecular weight excluding hydrogens is 258 g/mol. The molecule has 1 unspecified atom stereocenters. The zero-order chi connectivity index (χ0) is 15.7. The van der Waals surface area contributed by atoms with E-state index in [2.05, 4.69) is 57.3 Å². The van der Waals surface area contributed by atoms with E-state index in [1.807, 2.05) is 0 Å². The molecule has 0 fully saturated rings. The third kappa shape index (κ3) is 7.89. The molecule has 0 heterocycles. The fourth-order valence-corrected chi connectivity index (χ4v) is 2.15. The Balaban J connectivity index is 2.32. The van der Waals surface area contributed by atoms with E-state index in [-0.39, 0.29) is 5.91 Å². The van der Waals surface area contributed by atoms with Crippen LogP contribution < -0.4 is 5.32 Å². The fraction of sp³-hybridized carbons (Fsp3) is 0.632. The molecule has 2 nitrogen and oxygen atoms in total. The summed E-state index contributed by atoms with van der Waals surface area (Å²) < 4.78 is 0. The Labute approximate surface area is 130 Å². The topological polar surface area (TPSA) is 29.1 Å². The maximum atomic E-state index is 11.7. The Morgan fingerprint density at radius 2 is 1.67 bits per heavy atom. The summed E-state index contributed by atoms with van der Waals surface area (Å²) >= 11 is 0. The first-order chi connectivity index (χ1) is 10.0. The highest BCUT2D eigenvalue weighted by Gasteiger charge is 2.04. The van der Waals surface area contributed by atoms with Crippen molar-refractivity contribution in [3.63, 3.8) is 0 Å². The first-order valence-electron chi connectivity index (χ1n) is 8.35. The SMILES string of the molecule is CCC(C)CCc1ccc(CNC(=O)CCC(C)C)cc1. The van der Waals surface area contributed by atoms with E-state index in [9.17, 15) is 4.79 Å². The van der Waals surface area contributed by atoms with Gasteiger partial charge in [-0.2, -0.15) is 0 Å². The molecule has 1 N–H and O–H groups in total. The molecule has 0 spiro atoms. The average molecular weight is 289 g/mol. The van der Waals surface area contributed by atoms with Crippen LogP contribution in [0, 0.1) is 11.8 Å². The van der Waals surface area contributed by atoms with Gasteiger partial charge in [0.25, 0.3) is 0 Å². The Morgan fingerprint density at radius 3 is 2.24 bits per heavy atom. The van der Waals surface area contributed by atoms with Gasteiger partial charge in [-0.1, -0.05) is 58.4 Å². The van der Waals surface area contributed by atoms with Gasteiger partial charge in [-0.25, -0.2) is 0 Å². The summed E-state index contributed by atoms with van der Waals surface area (Å²) in [6, 6.07) is 8.65. The normalized spacial score (nSPS) is 12.4. The van der Waals surface area contributed by atoms with Gasteiger partial charge in [-0.3, -0.25) is 4.79 Å². The van der Waals surface area contributed by atoms with Crippen molar-refractivity contribution in [3.05, 3.63) is 35.4 Å². The number of nitrogens with one attached hydrogen (secondary N) is 1. The predicted molar refractivity (Wildman–Crippen MR) is 90.1 cm³/mol. The van der Waals surface area contributed by atoms with Crippen LogP contribution in [0.15, 0.2) is 24.3 Å². The minimum absolute atomic E-state index is 0.157. The number of carbonyl (C=O) groups excluding carboxylic acids is 1. The molecule has 0 aromatic heterocycles. The summed E-state index contributed by atoms with van der Waals surface area (Å²) in [6.45, 7) is 9.48. The lowest BCUT2D eigenvalue weighted by Crippen LogP contribution is -2.22. The standard InChI is InChI=1S/C19H31NO/c1-5-16(4)7-8-17-9-11-18(12-10-17)14-20-19(21)13-6-15(2)3/h9-12,15-16H,5-8,13-14H2,1-4H3,(H,20,21). The lowest BCUT2D eigenvalue weighted by Gasteiger charge is -2.09. The second-order valence-electron chi connectivity index (χ2n) is 6.58. The monoisotopic (exact) mass is 289 g/mol. The van der Waals surface area contributed by atoms with Gasteiger partial charge in [0.15, 0.2) is 0 Å². The lowest BCUT2D eigenvalue weighted by molar-refractivity contribution is -0.121. The van der Waals surface area contributed by atoms with Crippen molar-refractivity contribution >= 4 is 5.91 Å². The van der Waals surface area contributed by atoms with E-state index in [0.717, 1.165) is 18.8 Å². The summed E-state index contributed by atoms with van der Waals surface area (Å²) in [6.07, 6.45) is 5.24. The van der Waals surface area contributed by atoms with E-state index in [4.69, 9.17) is 0 Å². The van der Waals surface area contributed by atoms with Gasteiger partial charge in [-0.05, 0) is 42.2 Å². The molecule has 1 aromatic rings. The molecule has 1 atom stereocenters. The number of aryl methyl sites for hydroxylation is 1. The number of benzene rings is 1. The largest absolute Gasteiger partial charge is 0.352 e. The molecule has 1 amide bonds. The molecule has 2 heteroatoms. The lowest BCUT2D eigenvalue weighted by atomic mass is 9.98. The quantitative estimate of drug-likeness (QED) is 0.700. The van der Waals surface area contributed by atoms with Gasteiger partial charge < -0.3 is 5.32 Å². The number of carbonyl (C=O) groups is 1. The first-order valence-corrected chi connectivity index (χ1v) is 8.35. The van der Waals surface area contributed by atoms with Crippen LogP contribution in [0.1, 0.15) is 64.5 Å². The number of hydrogen-bond donors (Lipinski definition) is 1. The van der Waals surface area contributed by atoms with E-state index in [0.29, 0.717) is 18.9 Å². The van der Waals surface area contributed by atoms with E-state index in [1.165, 1.54) is 24.0 Å². The molecule has 0 bridgehead atoms. The molecule has 1 aromatic carbocycles. The van der Waals surface area contributed by atoms with Crippen LogP contribution in [-0.2, 0) is 17.8 Å². The van der Waals surface area contributed by atoms with Crippen molar-refractivity contribution in [2.45, 2.75) is 66.3 Å². The molecule has 0 saturated heterocycles. The summed E-state index contributed by atoms with van der Waals surface area (Å²) in [5.41, 5.74) is 2.57. The third-order valence-corrected chi connectivity index (χ3v) is 4.08. The number of hydrogen-bond acceptors (Lipinski definition) is 1. The molecule has 0 aliphatic rings. The van der Waals surface area contributed by atoms with E-state index >= 15 is 0 Å². The number of amides is 1. The highest BCUT2D eigenvalue weighted by Crippen LogP contribution is 2.13. The van der Waals surface area contributed by atoms with Crippen molar-refractivity contribution in [1.29, 1.82) is 0 Å². The van der Waals surface area contributed by atoms with Gasteiger partial charge in [0.05, 0.1) is 0 Å². The van der Waals surface area contributed by atoms with Gasteiger partial charge in [0.2, 0.25) is 5.91 Å². The Bertz CT molecular complexity index is 408. The maximum Gasteiger partial charge on any atom is 0.220 e. The zero-order valence-corrected chi connectivity index (χ0v) is 14.1. The molecule has 21 heavy (non-hydrogen) atoms. The molecule has 0 aliphatic heterocycles. The summed E-state index contributed by atoms with van der Waals surface area (Å²) in [7, 11) is 0. The second kappa shape index (κ2) is 9.59. The predicted octanol–water partition coefficient (Wildman–Crippen LogP) is 4.72. The third-order valence-electron chi connectivity index (χ3n) is 4.08. The minimum atomic E-state index is 0.157. The van der Waals surface area contributed by atoms with Gasteiger partial charge in [-0.15, -0.1) is 0 Å². The molecular formula is C19H31NO. The summed E-state index contributed by atoms with van der Waals surface area (Å²) in [5, 5.41) is 2.99. The smallest absolute Gasteiger partial charge is 0.220 e. The molecule has 118 valence electrons. The maximum absolute atomic E-state index is 11.7. The van der Waals surface area contributed by atoms with Gasteiger partial charge in [0.1, 0.15) is 0 Å². The van der Waals surface area contributed by atoms with Crippen LogP contribution in [0.2, 0.25) is 0 Å². The molecule has 1 rings (SSSR count). The summed E-state index contributed by atoms with van der Waals surface area (Å²) in [5.74, 6) is 1.54. The van der Waals surface area contributed by atoms with Gasteiger partial charge >= 0.3 is 0 Å². The zero-order valence-electron chi connectivity index (χ0n) is 14.1. The minimum Gasteiger partial charge on any atom is -0.352 e. The Morgan fingerprint density at radius 1 is 1.05 bits per heavy atom. The molecule has 0 radical (unpaired) electrons. The van der Waals surface area contributed by atoms with Crippen molar-refractivity contribution < 1.29 is 4.79 Å². The van der Waals surface area contributed by atoms with E-state index in [1.54, 1.807) is 0 Å². The van der Waals surface area contributed by atoms with Crippen LogP contribution >= 0.6 is 0 Å². The Hall–Kier alpha value is -1.31. The van der Waals surface area contributed by atoms with E-state index < -0.39 is 0 Å². The Kier molecular flexibility index (Phi) is 8.11. The first kappa shape index (κ1) is 17.7. The van der Waals surface area contributed by atoms with Crippen LogP contribution in [0.3, 0.4) is 0 Å². The molecule has 0 aliphatic carbocycles. The second-order valence-corrected chi connectivity index (χ2v) is 6.58. The van der Waals surface area contributed by atoms with Crippen molar-refractivity contribution in [1.82, 2.24) is 5.32 Å². The number of rotatable bonds is 9. The van der Waals surface area contributed by atoms with Crippen LogP contribution in [0.5, 0.6) is 0 Å². The van der Waals surface area contributed by atoms with Crippen LogP contribution in [0.4, 0.5) is 0 Å². The highest BCUT2D eigenvalue weighted by molar-refractivity contribution is 5.75. The van der Waals surface area contributed by atoms with Crippen molar-refractivity contribution in [3.8, 4) is 0 Å². The highest BCUT2D eigenvalue weighted by atomic mass is 16.1. The average Bonchev–Trinajstić information content (AvgIpc) is 2.49. The van der Waals surface area contributed by atoms with Crippen molar-refractivity contribution in [2.24, 2.45) is 11.8 Å². The molecule has 0 saturated carbocycles. The van der Waals surface area contributed by atoms with Crippen LogP contribution in [-0.4, -0.2) is 5.91 Å². The fourth-order valence-electron chi connectivity index (χ4n) is 2.15. The van der Waals surface area contributed by atoms with Crippen LogP contribution in [0.25, 0.3) is 0 Å². The van der Waals surface area contributed by atoms with Gasteiger partial charge in [0, 0.05) is 13.0 Å².